The van der Waals surface area contributed by atoms with Gasteiger partial charge in [-0.1, -0.05) is 35.9 Å². The van der Waals surface area contributed by atoms with Crippen molar-refractivity contribution in [1.29, 1.82) is 5.26 Å². The molecule has 1 aliphatic rings. The van der Waals surface area contributed by atoms with E-state index in [0.29, 0.717) is 29.1 Å². The van der Waals surface area contributed by atoms with Gasteiger partial charge >= 0.3 is 0 Å². The molecular weight excluding hydrogens is 338 g/mol. The first-order chi connectivity index (χ1) is 12.0. The van der Waals surface area contributed by atoms with Crippen LogP contribution in [0, 0.1) is 16.7 Å². The third-order valence-electron chi connectivity index (χ3n) is 4.27. The van der Waals surface area contributed by atoms with Gasteiger partial charge in [-0.25, -0.2) is 0 Å². The minimum absolute atomic E-state index is 0.275. The third-order valence-corrected chi connectivity index (χ3v) is 4.63. The summed E-state index contributed by atoms with van der Waals surface area (Å²) in [4.78, 5) is 25.0. The lowest BCUT2D eigenvalue weighted by Crippen LogP contribution is -2.39. The maximum Gasteiger partial charge on any atom is 0.240 e. The zero-order chi connectivity index (χ0) is 17.9. The molecule has 0 radical (unpaired) electrons. The molecule has 5 nitrogen and oxygen atoms in total. The first-order valence-electron chi connectivity index (χ1n) is 7.88. The fourth-order valence-corrected chi connectivity index (χ4v) is 2.79. The maximum atomic E-state index is 12.5. The van der Waals surface area contributed by atoms with Crippen molar-refractivity contribution in [2.24, 2.45) is 5.41 Å². The Balaban J connectivity index is 1.64. The van der Waals surface area contributed by atoms with Crippen LogP contribution in [0.3, 0.4) is 0 Å². The van der Waals surface area contributed by atoms with E-state index in [9.17, 15) is 9.59 Å². The normalized spacial score (nSPS) is 14.2. The molecular formula is C19H16ClN3O2. The summed E-state index contributed by atoms with van der Waals surface area (Å²) in [7, 11) is 0. The Morgan fingerprint density at radius 2 is 1.88 bits per heavy atom. The van der Waals surface area contributed by atoms with Gasteiger partial charge in [-0.15, -0.1) is 0 Å². The molecule has 2 aromatic carbocycles. The molecule has 6 heteroatoms. The van der Waals surface area contributed by atoms with Crippen LogP contribution in [0.2, 0.25) is 5.02 Å². The second-order valence-electron chi connectivity index (χ2n) is 6.00. The molecule has 2 aromatic rings. The lowest BCUT2D eigenvalue weighted by atomic mass is 10.0. The van der Waals surface area contributed by atoms with Crippen molar-refractivity contribution in [3.63, 3.8) is 0 Å². The van der Waals surface area contributed by atoms with Gasteiger partial charge in [0.15, 0.2) is 0 Å². The number of halogens is 1. The molecule has 126 valence electrons. The fraction of sp³-hybridized carbons (Fsp3) is 0.211. The summed E-state index contributed by atoms with van der Waals surface area (Å²) in [5.41, 5.74) is 0.722. The van der Waals surface area contributed by atoms with Crippen molar-refractivity contribution in [3.05, 3.63) is 64.7 Å². The Bertz CT molecular complexity index is 869. The zero-order valence-corrected chi connectivity index (χ0v) is 14.1. The van der Waals surface area contributed by atoms with Gasteiger partial charge < -0.3 is 10.6 Å². The van der Waals surface area contributed by atoms with Crippen molar-refractivity contribution in [2.45, 2.75) is 19.4 Å². The number of nitrogens with zero attached hydrogens (tertiary/aromatic N) is 1. The molecule has 1 aliphatic carbocycles. The highest BCUT2D eigenvalue weighted by atomic mass is 35.5. The highest BCUT2D eigenvalue weighted by Crippen LogP contribution is 2.47. The minimum atomic E-state index is -1.04. The van der Waals surface area contributed by atoms with Crippen molar-refractivity contribution in [2.75, 3.05) is 5.32 Å². The van der Waals surface area contributed by atoms with E-state index in [-0.39, 0.29) is 18.4 Å². The van der Waals surface area contributed by atoms with E-state index >= 15 is 0 Å². The average Bonchev–Trinajstić information content (AvgIpc) is 3.43. The molecule has 0 aliphatic heterocycles. The van der Waals surface area contributed by atoms with Crippen molar-refractivity contribution in [3.8, 4) is 6.07 Å². The van der Waals surface area contributed by atoms with Gasteiger partial charge in [0.2, 0.25) is 11.8 Å². The molecule has 0 saturated heterocycles. The van der Waals surface area contributed by atoms with E-state index in [1.807, 2.05) is 24.3 Å². The molecule has 25 heavy (non-hydrogen) atoms. The van der Waals surface area contributed by atoms with E-state index in [1.54, 1.807) is 30.3 Å². The molecule has 0 aromatic heterocycles. The summed E-state index contributed by atoms with van der Waals surface area (Å²) in [5, 5.41) is 15.0. The van der Waals surface area contributed by atoms with Crippen LogP contribution in [-0.2, 0) is 16.1 Å². The summed E-state index contributed by atoms with van der Waals surface area (Å²) in [6.07, 6.45) is 1.01. The smallest absolute Gasteiger partial charge is 0.240 e. The summed E-state index contributed by atoms with van der Waals surface area (Å²) < 4.78 is 0. The van der Waals surface area contributed by atoms with E-state index in [4.69, 9.17) is 16.9 Å². The fourth-order valence-electron chi connectivity index (χ4n) is 2.59. The molecule has 0 atom stereocenters. The third kappa shape index (κ3) is 3.65. The van der Waals surface area contributed by atoms with Gasteiger partial charge in [-0.2, -0.15) is 5.26 Å². The van der Waals surface area contributed by atoms with Crippen LogP contribution >= 0.6 is 11.6 Å². The molecule has 0 spiro atoms. The van der Waals surface area contributed by atoms with Gasteiger partial charge in [-0.05, 0) is 42.7 Å². The monoisotopic (exact) mass is 353 g/mol. The van der Waals surface area contributed by atoms with Crippen LogP contribution in [0.15, 0.2) is 48.5 Å². The number of hydrogen-bond donors (Lipinski definition) is 2. The lowest BCUT2D eigenvalue weighted by molar-refractivity contribution is -0.134. The van der Waals surface area contributed by atoms with E-state index < -0.39 is 5.41 Å². The molecule has 3 rings (SSSR count). The molecule has 1 saturated carbocycles. The molecule has 1 fully saturated rings. The number of carbonyl (C=O) groups is 2. The Hall–Kier alpha value is -2.84. The second-order valence-corrected chi connectivity index (χ2v) is 6.41. The minimum Gasteiger partial charge on any atom is -0.351 e. The number of hydrogen-bond acceptors (Lipinski definition) is 3. The zero-order valence-electron chi connectivity index (χ0n) is 13.4. The molecule has 0 bridgehead atoms. The van der Waals surface area contributed by atoms with E-state index in [2.05, 4.69) is 10.6 Å². The van der Waals surface area contributed by atoms with Gasteiger partial charge in [-0.3, -0.25) is 9.59 Å². The summed E-state index contributed by atoms with van der Waals surface area (Å²) in [6.45, 7) is 0.275. The quantitative estimate of drug-likeness (QED) is 0.809. The van der Waals surface area contributed by atoms with Crippen LogP contribution in [0.1, 0.15) is 24.0 Å². The number of amides is 2. The van der Waals surface area contributed by atoms with Crippen LogP contribution in [0.4, 0.5) is 5.69 Å². The van der Waals surface area contributed by atoms with Crippen LogP contribution in [0.5, 0.6) is 0 Å². The highest BCUT2D eigenvalue weighted by Gasteiger charge is 2.56. The Labute approximate surface area is 150 Å². The van der Waals surface area contributed by atoms with Gasteiger partial charge in [0.05, 0.1) is 11.6 Å². The summed E-state index contributed by atoms with van der Waals surface area (Å²) in [5.74, 6) is -0.652. The first-order valence-corrected chi connectivity index (χ1v) is 8.26. The Kier molecular flexibility index (Phi) is 4.73. The van der Waals surface area contributed by atoms with E-state index in [0.717, 1.165) is 5.56 Å². The standard InChI is InChI=1S/C19H16ClN3O2/c20-16-7-2-1-5-14(16)12-22-17(24)19(8-9-19)18(25)23-15-6-3-4-13(10-15)11-21/h1-7,10H,8-9,12H2,(H,22,24)(H,23,25). The maximum absolute atomic E-state index is 12.5. The van der Waals surface area contributed by atoms with Crippen LogP contribution in [-0.4, -0.2) is 11.8 Å². The summed E-state index contributed by atoms with van der Waals surface area (Å²) >= 11 is 6.08. The predicted octanol–water partition coefficient (Wildman–Crippen LogP) is 3.25. The molecule has 2 N–H and O–H groups in total. The lowest BCUT2D eigenvalue weighted by Gasteiger charge is -2.16. The van der Waals surface area contributed by atoms with Crippen molar-refractivity contribution >= 4 is 29.1 Å². The second kappa shape index (κ2) is 6.96. The van der Waals surface area contributed by atoms with Gasteiger partial charge in [0.25, 0.3) is 0 Å². The topological polar surface area (TPSA) is 82.0 Å². The number of anilines is 1. The number of nitriles is 1. The van der Waals surface area contributed by atoms with Gasteiger partial charge in [0, 0.05) is 17.3 Å². The van der Waals surface area contributed by atoms with E-state index in [1.165, 1.54) is 0 Å². The number of benzene rings is 2. The van der Waals surface area contributed by atoms with Gasteiger partial charge in [0.1, 0.15) is 5.41 Å². The predicted molar refractivity (Wildman–Crippen MR) is 94.8 cm³/mol. The highest BCUT2D eigenvalue weighted by molar-refractivity contribution is 6.31. The van der Waals surface area contributed by atoms with Crippen LogP contribution < -0.4 is 10.6 Å². The average molecular weight is 354 g/mol. The first kappa shape index (κ1) is 17.0. The number of carbonyl (C=O) groups excluding carboxylic acids is 2. The van der Waals surface area contributed by atoms with Crippen molar-refractivity contribution < 1.29 is 9.59 Å². The Morgan fingerprint density at radius 1 is 1.12 bits per heavy atom. The largest absolute Gasteiger partial charge is 0.351 e. The number of rotatable bonds is 5. The molecule has 2 amide bonds. The van der Waals surface area contributed by atoms with Crippen molar-refractivity contribution in [1.82, 2.24) is 5.32 Å². The van der Waals surface area contributed by atoms with Crippen LogP contribution in [0.25, 0.3) is 0 Å². The SMILES string of the molecule is N#Cc1cccc(NC(=O)C2(C(=O)NCc3ccccc3Cl)CC2)c1. The Morgan fingerprint density at radius 3 is 2.56 bits per heavy atom. The molecule has 0 heterocycles. The number of nitrogens with one attached hydrogen (secondary N) is 2. The molecule has 0 unspecified atom stereocenters. The summed E-state index contributed by atoms with van der Waals surface area (Å²) in [6, 6.07) is 15.9.